The number of hydrogen-bond acceptors (Lipinski definition) is 5. The molecule has 2 N–H and O–H groups in total. The van der Waals surface area contributed by atoms with Gasteiger partial charge in [0.05, 0.1) is 11.4 Å². The zero-order valence-electron chi connectivity index (χ0n) is 14.1. The van der Waals surface area contributed by atoms with Gasteiger partial charge in [0.2, 0.25) is 0 Å². The summed E-state index contributed by atoms with van der Waals surface area (Å²) < 4.78 is 6.24. The predicted molar refractivity (Wildman–Crippen MR) is 104 cm³/mol. The summed E-state index contributed by atoms with van der Waals surface area (Å²) in [5, 5.41) is 15.6. The van der Waals surface area contributed by atoms with E-state index in [1.807, 2.05) is 31.2 Å². The zero-order valence-corrected chi connectivity index (χ0v) is 15.6. The number of hydrazone groups is 1. The Morgan fingerprint density at radius 3 is 2.56 bits per heavy atom. The number of aromatic hydroxyl groups is 1. The number of rotatable bonds is 3. The Hall–Kier alpha value is -2.60. The molecule has 2 aromatic carbocycles. The Bertz CT molecular complexity index is 1040. The van der Waals surface area contributed by atoms with Crippen LogP contribution in [0.25, 0.3) is 11.0 Å². The molecule has 25 heavy (non-hydrogen) atoms. The minimum atomic E-state index is -0.428. The first-order valence-corrected chi connectivity index (χ1v) is 8.49. The number of aryl methyl sites for hydroxylation is 2. The maximum atomic E-state index is 11.6. The van der Waals surface area contributed by atoms with E-state index in [1.165, 1.54) is 6.07 Å². The van der Waals surface area contributed by atoms with Crippen LogP contribution < -0.4 is 11.1 Å². The molecule has 1 aromatic heterocycles. The molecule has 3 aromatic rings. The molecule has 0 aliphatic carbocycles. The molecule has 0 fully saturated rings. The van der Waals surface area contributed by atoms with E-state index >= 15 is 0 Å². The van der Waals surface area contributed by atoms with E-state index < -0.39 is 5.63 Å². The molecule has 0 aliphatic rings. The number of benzene rings is 2. The van der Waals surface area contributed by atoms with E-state index in [9.17, 15) is 9.90 Å². The molecular formula is C19H17BrN2O3. The third-order valence-electron chi connectivity index (χ3n) is 4.03. The third kappa shape index (κ3) is 3.44. The van der Waals surface area contributed by atoms with E-state index in [0.29, 0.717) is 22.4 Å². The van der Waals surface area contributed by atoms with Crippen molar-refractivity contribution in [2.45, 2.75) is 20.8 Å². The number of anilines is 1. The van der Waals surface area contributed by atoms with Gasteiger partial charge in [-0.3, -0.25) is 5.43 Å². The van der Waals surface area contributed by atoms with Crippen LogP contribution >= 0.6 is 15.9 Å². The van der Waals surface area contributed by atoms with Crippen LogP contribution in [0.15, 0.2) is 55.2 Å². The molecule has 3 rings (SSSR count). The average molecular weight is 401 g/mol. The molecule has 0 unspecified atom stereocenters. The second-order valence-electron chi connectivity index (χ2n) is 5.84. The smallest absolute Gasteiger partial charge is 0.336 e. The van der Waals surface area contributed by atoms with Gasteiger partial charge in [-0.05, 0) is 56.7 Å². The van der Waals surface area contributed by atoms with Crippen LogP contribution in [-0.4, -0.2) is 10.8 Å². The van der Waals surface area contributed by atoms with Crippen LogP contribution in [0.2, 0.25) is 0 Å². The van der Waals surface area contributed by atoms with Gasteiger partial charge in [-0.25, -0.2) is 4.79 Å². The fourth-order valence-corrected chi connectivity index (χ4v) is 2.87. The van der Waals surface area contributed by atoms with Crippen LogP contribution in [0.3, 0.4) is 0 Å². The minimum Gasteiger partial charge on any atom is -0.507 e. The molecule has 0 spiro atoms. The first-order chi connectivity index (χ1) is 11.9. The van der Waals surface area contributed by atoms with Gasteiger partial charge in [0.1, 0.15) is 11.3 Å². The topological polar surface area (TPSA) is 74.8 Å². The molecule has 6 heteroatoms. The fraction of sp³-hybridized carbons (Fsp3) is 0.158. The molecular weight excluding hydrogens is 384 g/mol. The average Bonchev–Trinajstić information content (AvgIpc) is 2.57. The van der Waals surface area contributed by atoms with Gasteiger partial charge >= 0.3 is 5.63 Å². The normalized spacial score (nSPS) is 11.8. The molecule has 0 bridgehead atoms. The van der Waals surface area contributed by atoms with Crippen molar-refractivity contribution in [3.8, 4) is 5.75 Å². The van der Waals surface area contributed by atoms with Gasteiger partial charge in [0, 0.05) is 27.1 Å². The highest BCUT2D eigenvalue weighted by atomic mass is 79.9. The molecule has 0 atom stereocenters. The number of halogens is 1. The van der Waals surface area contributed by atoms with Gasteiger partial charge in [-0.2, -0.15) is 5.10 Å². The summed E-state index contributed by atoms with van der Waals surface area (Å²) in [6, 6.07) is 10.8. The van der Waals surface area contributed by atoms with Crippen LogP contribution in [0.5, 0.6) is 5.75 Å². The number of hydrogen-bond donors (Lipinski definition) is 2. The second kappa shape index (κ2) is 6.72. The molecule has 0 aliphatic heterocycles. The largest absolute Gasteiger partial charge is 0.507 e. The van der Waals surface area contributed by atoms with Gasteiger partial charge in [0.15, 0.2) is 0 Å². The highest BCUT2D eigenvalue weighted by Crippen LogP contribution is 2.32. The molecule has 0 amide bonds. The molecule has 1 heterocycles. The van der Waals surface area contributed by atoms with Crippen LogP contribution in [0, 0.1) is 13.8 Å². The zero-order chi connectivity index (χ0) is 18.1. The van der Waals surface area contributed by atoms with E-state index in [4.69, 9.17) is 4.42 Å². The quantitative estimate of drug-likeness (QED) is 0.379. The van der Waals surface area contributed by atoms with Crippen molar-refractivity contribution in [3.05, 3.63) is 68.0 Å². The van der Waals surface area contributed by atoms with Gasteiger partial charge < -0.3 is 9.52 Å². The minimum absolute atomic E-state index is 0.0557. The fourth-order valence-electron chi connectivity index (χ4n) is 2.61. The summed E-state index contributed by atoms with van der Waals surface area (Å²) >= 11 is 3.39. The molecule has 0 saturated carbocycles. The summed E-state index contributed by atoms with van der Waals surface area (Å²) in [6.45, 7) is 5.37. The summed E-state index contributed by atoms with van der Waals surface area (Å²) in [5.41, 5.74) is 6.31. The first-order valence-electron chi connectivity index (χ1n) is 7.70. The standard InChI is InChI=1S/C19H17BrN2O3/c1-10-8-17(23)25-19-11(2)18(24)16(9-15(10)19)12(3)21-22-14-6-4-13(20)5-7-14/h4-9,22,24H,1-3H3/b21-12+. The third-order valence-corrected chi connectivity index (χ3v) is 4.56. The van der Waals surface area contributed by atoms with Crippen LogP contribution in [-0.2, 0) is 0 Å². The lowest BCUT2D eigenvalue weighted by Gasteiger charge is -2.11. The summed E-state index contributed by atoms with van der Waals surface area (Å²) in [7, 11) is 0. The highest BCUT2D eigenvalue weighted by molar-refractivity contribution is 9.10. The van der Waals surface area contributed by atoms with Crippen LogP contribution in [0.4, 0.5) is 5.69 Å². The van der Waals surface area contributed by atoms with Gasteiger partial charge in [0.25, 0.3) is 0 Å². The number of phenolic OH excluding ortho intramolecular Hbond substituents is 1. The van der Waals surface area contributed by atoms with Crippen LogP contribution in [0.1, 0.15) is 23.6 Å². The van der Waals surface area contributed by atoms with Crippen molar-refractivity contribution in [2.75, 3.05) is 5.43 Å². The molecule has 0 radical (unpaired) electrons. The van der Waals surface area contributed by atoms with Crippen molar-refractivity contribution < 1.29 is 9.52 Å². The summed E-state index contributed by atoms with van der Waals surface area (Å²) in [5.74, 6) is 0.0557. The Kier molecular flexibility index (Phi) is 4.63. The summed E-state index contributed by atoms with van der Waals surface area (Å²) in [6.07, 6.45) is 0. The number of phenols is 1. The monoisotopic (exact) mass is 400 g/mol. The first kappa shape index (κ1) is 17.2. The summed E-state index contributed by atoms with van der Waals surface area (Å²) in [4.78, 5) is 11.6. The van der Waals surface area contributed by atoms with Crippen molar-refractivity contribution in [3.63, 3.8) is 0 Å². The van der Waals surface area contributed by atoms with Crippen molar-refractivity contribution >= 4 is 38.3 Å². The maximum Gasteiger partial charge on any atom is 0.336 e. The Morgan fingerprint density at radius 2 is 1.88 bits per heavy atom. The second-order valence-corrected chi connectivity index (χ2v) is 6.75. The van der Waals surface area contributed by atoms with Crippen molar-refractivity contribution in [1.29, 1.82) is 0 Å². The molecule has 0 saturated heterocycles. The number of fused-ring (bicyclic) bond motifs is 1. The Labute approximate surface area is 153 Å². The van der Waals surface area contributed by atoms with E-state index in [-0.39, 0.29) is 5.75 Å². The predicted octanol–water partition coefficient (Wildman–Crippen LogP) is 4.71. The van der Waals surface area contributed by atoms with E-state index in [1.54, 1.807) is 19.9 Å². The lowest BCUT2D eigenvalue weighted by atomic mass is 10.00. The maximum absolute atomic E-state index is 11.6. The lowest BCUT2D eigenvalue weighted by Crippen LogP contribution is -2.04. The molecule has 128 valence electrons. The number of nitrogens with zero attached hydrogens (tertiary/aromatic N) is 1. The Morgan fingerprint density at radius 1 is 1.20 bits per heavy atom. The van der Waals surface area contributed by atoms with E-state index in [2.05, 4.69) is 26.5 Å². The van der Waals surface area contributed by atoms with Crippen molar-refractivity contribution in [2.24, 2.45) is 5.10 Å². The van der Waals surface area contributed by atoms with E-state index in [0.717, 1.165) is 21.1 Å². The Balaban J connectivity index is 2.05. The SMILES string of the molecule is C/C(=N\Nc1ccc(Br)cc1)c1cc2c(C)cc(=O)oc2c(C)c1O. The van der Waals surface area contributed by atoms with Gasteiger partial charge in [-0.15, -0.1) is 0 Å². The highest BCUT2D eigenvalue weighted by Gasteiger charge is 2.15. The van der Waals surface area contributed by atoms with Crippen molar-refractivity contribution in [1.82, 2.24) is 0 Å². The number of nitrogens with one attached hydrogen (secondary N) is 1. The van der Waals surface area contributed by atoms with Gasteiger partial charge in [-0.1, -0.05) is 15.9 Å². The lowest BCUT2D eigenvalue weighted by molar-refractivity contribution is 0.467. The molecule has 5 nitrogen and oxygen atoms in total.